The molecule has 2 aromatic carbocycles. The topological polar surface area (TPSA) is 208 Å². The molecule has 0 saturated carbocycles. The van der Waals surface area contributed by atoms with Gasteiger partial charge in [0.05, 0.1) is 5.56 Å². The lowest BCUT2D eigenvalue weighted by Crippen LogP contribution is -2.29. The molecule has 0 aliphatic heterocycles. The van der Waals surface area contributed by atoms with Gasteiger partial charge in [0, 0.05) is 22.7 Å². The number of carboxylic acids is 2. The molecule has 1 amide bonds. The standard InChI is InChI=1S/C11H13NO2.C7H5ClO2.C6H14N2O2.H3N/c1-2-3-11(14)12-10-6-4-9(8-13)5-7-10;8-6-3-1-5(2-4-6)7(9)10;7-4-2-1-3-5(8)6(9)10;/h4-8H,2-3H2,1H3,(H,12,14);1-4H,(H,9,10);5H,1-4,7-8H2,(H,9,10);1H3/t;;5-;/m..0./s1. The second-order valence-electron chi connectivity index (χ2n) is 7.08. The van der Waals surface area contributed by atoms with E-state index in [1.54, 1.807) is 36.4 Å². The first-order valence-electron chi connectivity index (χ1n) is 10.7. The molecule has 0 aromatic heterocycles. The number of aldehydes is 1. The number of anilines is 1. The summed E-state index contributed by atoms with van der Waals surface area (Å²) in [5.74, 6) is -1.86. The summed E-state index contributed by atoms with van der Waals surface area (Å²) in [5.41, 5.74) is 12.0. The Labute approximate surface area is 210 Å². The van der Waals surface area contributed by atoms with E-state index in [0.717, 1.165) is 31.2 Å². The number of unbranched alkanes of at least 4 members (excludes halogenated alkanes) is 1. The maximum atomic E-state index is 11.2. The lowest BCUT2D eigenvalue weighted by Gasteiger charge is -2.03. The number of nitrogens with one attached hydrogen (secondary N) is 1. The minimum absolute atomic E-state index is 0. The highest BCUT2D eigenvalue weighted by Gasteiger charge is 2.09. The zero-order chi connectivity index (χ0) is 25.9. The van der Waals surface area contributed by atoms with Crippen molar-refractivity contribution in [2.24, 2.45) is 11.5 Å². The normalized spacial score (nSPS) is 10.2. The molecule has 194 valence electrons. The Morgan fingerprint density at radius 1 is 1.03 bits per heavy atom. The average Bonchev–Trinajstić information content (AvgIpc) is 2.81. The molecule has 0 radical (unpaired) electrons. The Morgan fingerprint density at radius 3 is 2.03 bits per heavy atom. The van der Waals surface area contributed by atoms with Gasteiger partial charge in [-0.25, -0.2) is 4.79 Å². The van der Waals surface area contributed by atoms with Crippen LogP contribution in [0.3, 0.4) is 0 Å². The summed E-state index contributed by atoms with van der Waals surface area (Å²) in [7, 11) is 0. The van der Waals surface area contributed by atoms with E-state index in [9.17, 15) is 19.2 Å². The van der Waals surface area contributed by atoms with Gasteiger partial charge < -0.3 is 33.1 Å². The number of rotatable bonds is 10. The van der Waals surface area contributed by atoms with Crippen molar-refractivity contribution in [2.45, 2.75) is 45.1 Å². The van der Waals surface area contributed by atoms with E-state index >= 15 is 0 Å². The van der Waals surface area contributed by atoms with Gasteiger partial charge in [-0.2, -0.15) is 0 Å². The number of amides is 1. The summed E-state index contributed by atoms with van der Waals surface area (Å²) in [6.45, 7) is 2.56. The molecule has 2 rings (SSSR count). The number of carbonyl (C=O) groups excluding carboxylic acids is 2. The number of benzene rings is 2. The lowest BCUT2D eigenvalue weighted by molar-refractivity contribution is -0.138. The van der Waals surface area contributed by atoms with Crippen molar-refractivity contribution in [3.63, 3.8) is 0 Å². The third-order valence-electron chi connectivity index (χ3n) is 4.19. The van der Waals surface area contributed by atoms with Crippen molar-refractivity contribution in [3.8, 4) is 0 Å². The summed E-state index contributed by atoms with van der Waals surface area (Å²) >= 11 is 5.52. The third-order valence-corrected chi connectivity index (χ3v) is 4.44. The first-order valence-corrected chi connectivity index (χ1v) is 11.0. The molecule has 0 spiro atoms. The Kier molecular flexibility index (Phi) is 19.4. The van der Waals surface area contributed by atoms with Gasteiger partial charge in [-0.05, 0) is 74.3 Å². The van der Waals surface area contributed by atoms with E-state index in [4.69, 9.17) is 33.3 Å². The first kappa shape index (κ1) is 33.9. The highest BCUT2D eigenvalue weighted by molar-refractivity contribution is 6.30. The molecule has 2 aromatic rings. The monoisotopic (exact) mass is 510 g/mol. The van der Waals surface area contributed by atoms with Gasteiger partial charge in [0.15, 0.2) is 0 Å². The van der Waals surface area contributed by atoms with Crippen molar-refractivity contribution in [3.05, 3.63) is 64.7 Å². The van der Waals surface area contributed by atoms with Gasteiger partial charge in [0.25, 0.3) is 0 Å². The second-order valence-corrected chi connectivity index (χ2v) is 7.52. The maximum Gasteiger partial charge on any atom is 0.335 e. The molecule has 0 saturated heterocycles. The van der Waals surface area contributed by atoms with E-state index in [2.05, 4.69) is 5.32 Å². The van der Waals surface area contributed by atoms with Crippen LogP contribution >= 0.6 is 11.6 Å². The van der Waals surface area contributed by atoms with E-state index in [1.807, 2.05) is 6.92 Å². The largest absolute Gasteiger partial charge is 0.480 e. The van der Waals surface area contributed by atoms with Gasteiger partial charge in [-0.3, -0.25) is 14.4 Å². The number of carboxylic acid groups (broad SMARTS) is 2. The van der Waals surface area contributed by atoms with Gasteiger partial charge in [-0.15, -0.1) is 0 Å². The van der Waals surface area contributed by atoms with Crippen LogP contribution in [0.2, 0.25) is 5.02 Å². The van der Waals surface area contributed by atoms with E-state index in [0.29, 0.717) is 30.0 Å². The molecule has 1 atom stereocenters. The minimum atomic E-state index is -0.934. The smallest absolute Gasteiger partial charge is 0.335 e. The molecule has 10 nitrogen and oxygen atoms in total. The first-order chi connectivity index (χ1) is 16.1. The van der Waals surface area contributed by atoms with Gasteiger partial charge >= 0.3 is 11.9 Å². The molecule has 0 fully saturated rings. The lowest BCUT2D eigenvalue weighted by atomic mass is 10.1. The summed E-state index contributed by atoms with van der Waals surface area (Å²) in [6.07, 6.45) is 4.29. The second kappa shape index (κ2) is 20.1. The molecule has 35 heavy (non-hydrogen) atoms. The molecule has 0 bridgehead atoms. The fourth-order valence-electron chi connectivity index (χ4n) is 2.32. The Morgan fingerprint density at radius 2 is 1.60 bits per heavy atom. The number of carbonyl (C=O) groups is 4. The van der Waals surface area contributed by atoms with E-state index in [-0.39, 0.29) is 17.6 Å². The van der Waals surface area contributed by atoms with Crippen LogP contribution in [0.5, 0.6) is 0 Å². The van der Waals surface area contributed by atoms with Crippen LogP contribution in [0.1, 0.15) is 59.7 Å². The number of nitrogens with two attached hydrogens (primary N) is 2. The molecule has 0 aliphatic rings. The summed E-state index contributed by atoms with van der Waals surface area (Å²) < 4.78 is 0. The summed E-state index contributed by atoms with van der Waals surface area (Å²) in [4.78, 5) is 41.9. The maximum absolute atomic E-state index is 11.2. The van der Waals surface area contributed by atoms with E-state index < -0.39 is 18.0 Å². The molecular formula is C24H35ClN4O6. The van der Waals surface area contributed by atoms with Crippen LogP contribution < -0.4 is 22.9 Å². The number of hydrogen-bond acceptors (Lipinski definition) is 7. The fraction of sp³-hybridized carbons (Fsp3) is 0.333. The number of hydrogen-bond donors (Lipinski definition) is 6. The van der Waals surface area contributed by atoms with Gasteiger partial charge in [0.2, 0.25) is 5.91 Å². The Balaban J connectivity index is 0. The highest BCUT2D eigenvalue weighted by atomic mass is 35.5. The van der Waals surface area contributed by atoms with Crippen LogP contribution in [0.25, 0.3) is 0 Å². The minimum Gasteiger partial charge on any atom is -0.480 e. The third kappa shape index (κ3) is 16.9. The molecular weight excluding hydrogens is 476 g/mol. The molecule has 0 unspecified atom stereocenters. The number of aromatic carboxylic acids is 1. The zero-order valence-corrected chi connectivity index (χ0v) is 20.5. The van der Waals surface area contributed by atoms with Crippen molar-refractivity contribution in [2.75, 3.05) is 11.9 Å². The van der Waals surface area contributed by atoms with Gasteiger partial charge in [-0.1, -0.05) is 24.9 Å². The van der Waals surface area contributed by atoms with Crippen LogP contribution in [0, 0.1) is 0 Å². The molecule has 11 heteroatoms. The predicted octanol–water partition coefficient (Wildman–Crippen LogP) is 3.97. The van der Waals surface area contributed by atoms with Crippen LogP contribution in [-0.4, -0.2) is 46.9 Å². The number of aliphatic carboxylic acids is 1. The van der Waals surface area contributed by atoms with Crippen molar-refractivity contribution >= 4 is 41.4 Å². The van der Waals surface area contributed by atoms with Gasteiger partial charge in [0.1, 0.15) is 12.3 Å². The Hall–Kier alpha value is -3.31. The average molecular weight is 511 g/mol. The summed E-state index contributed by atoms with van der Waals surface area (Å²) in [6, 6.07) is 12.1. The molecule has 0 heterocycles. The summed E-state index contributed by atoms with van der Waals surface area (Å²) in [5, 5.41) is 20.0. The zero-order valence-electron chi connectivity index (χ0n) is 19.8. The van der Waals surface area contributed by atoms with Crippen molar-refractivity contribution in [1.82, 2.24) is 6.15 Å². The predicted molar refractivity (Wildman–Crippen MR) is 137 cm³/mol. The quantitative estimate of drug-likeness (QED) is 0.201. The Bertz CT molecular complexity index is 892. The van der Waals surface area contributed by atoms with E-state index in [1.165, 1.54) is 12.1 Å². The SMILES string of the molecule is CCCC(=O)Nc1ccc(C=O)cc1.N.NCCCC[C@H](N)C(=O)O.O=C(O)c1ccc(Cl)cc1. The molecule has 0 aliphatic carbocycles. The fourth-order valence-corrected chi connectivity index (χ4v) is 2.45. The van der Waals surface area contributed by atoms with Crippen LogP contribution in [0.4, 0.5) is 5.69 Å². The highest BCUT2D eigenvalue weighted by Crippen LogP contribution is 2.09. The molecule has 10 N–H and O–H groups in total. The van der Waals surface area contributed by atoms with Crippen molar-refractivity contribution in [1.29, 1.82) is 0 Å². The van der Waals surface area contributed by atoms with Crippen LogP contribution in [-0.2, 0) is 9.59 Å². The van der Waals surface area contributed by atoms with Crippen molar-refractivity contribution < 1.29 is 29.4 Å². The van der Waals surface area contributed by atoms with Crippen LogP contribution in [0.15, 0.2) is 48.5 Å². The number of halogens is 1.